The molecule has 1 saturated carbocycles. The first kappa shape index (κ1) is 10.7. The molecular weight excluding hydrogens is 182 g/mol. The van der Waals surface area contributed by atoms with Crippen LogP contribution in [0.4, 0.5) is 0 Å². The number of hydrogen-bond donors (Lipinski definition) is 0. The van der Waals surface area contributed by atoms with Crippen molar-refractivity contribution in [1.29, 1.82) is 0 Å². The lowest BCUT2D eigenvalue weighted by Crippen LogP contribution is -2.37. The van der Waals surface area contributed by atoms with E-state index in [0.29, 0.717) is 10.8 Å². The lowest BCUT2D eigenvalue weighted by atomic mass is 9.62. The molecule has 15 heavy (non-hydrogen) atoms. The first-order valence-electron chi connectivity index (χ1n) is 5.97. The summed E-state index contributed by atoms with van der Waals surface area (Å²) in [5, 5.41) is 0. The molecule has 0 atom stereocenters. The molecule has 1 aromatic heterocycles. The van der Waals surface area contributed by atoms with Gasteiger partial charge in [0.15, 0.2) is 0 Å². The molecule has 1 heterocycles. The van der Waals surface area contributed by atoms with Crippen LogP contribution < -0.4 is 0 Å². The first-order chi connectivity index (χ1) is 7.06. The van der Waals surface area contributed by atoms with Crippen molar-refractivity contribution in [2.45, 2.75) is 51.9 Å². The predicted molar refractivity (Wildman–Crippen MR) is 63.8 cm³/mol. The van der Waals surface area contributed by atoms with E-state index in [2.05, 4.69) is 37.9 Å². The molecule has 1 aromatic rings. The zero-order chi connectivity index (χ0) is 10.9. The van der Waals surface area contributed by atoms with E-state index in [0.717, 1.165) is 0 Å². The number of rotatable bonds is 1. The van der Waals surface area contributed by atoms with Gasteiger partial charge in [0.1, 0.15) is 0 Å². The van der Waals surface area contributed by atoms with Crippen molar-refractivity contribution in [2.75, 3.05) is 0 Å². The summed E-state index contributed by atoms with van der Waals surface area (Å²) in [6.45, 7) is 7.12. The third kappa shape index (κ3) is 1.68. The van der Waals surface area contributed by atoms with E-state index in [4.69, 9.17) is 0 Å². The van der Waals surface area contributed by atoms with Gasteiger partial charge < -0.3 is 0 Å². The average molecular weight is 203 g/mol. The normalized spacial score (nSPS) is 20.5. The fraction of sp³-hybridized carbons (Fsp3) is 0.643. The molecule has 0 unspecified atom stereocenters. The molecule has 0 amide bonds. The van der Waals surface area contributed by atoms with E-state index in [1.54, 1.807) is 0 Å². The van der Waals surface area contributed by atoms with E-state index in [-0.39, 0.29) is 0 Å². The van der Waals surface area contributed by atoms with E-state index in [9.17, 15) is 0 Å². The molecule has 1 aliphatic carbocycles. The molecule has 1 aliphatic rings. The molecule has 0 saturated heterocycles. The molecule has 82 valence electrons. The van der Waals surface area contributed by atoms with Gasteiger partial charge in [-0.15, -0.1) is 0 Å². The van der Waals surface area contributed by atoms with Crippen molar-refractivity contribution in [1.82, 2.24) is 4.98 Å². The van der Waals surface area contributed by atoms with Gasteiger partial charge >= 0.3 is 0 Å². The molecule has 1 fully saturated rings. The zero-order valence-corrected chi connectivity index (χ0v) is 10.1. The van der Waals surface area contributed by atoms with Crippen LogP contribution in [0.3, 0.4) is 0 Å². The van der Waals surface area contributed by atoms with Gasteiger partial charge in [-0.1, -0.05) is 33.6 Å². The van der Waals surface area contributed by atoms with Crippen molar-refractivity contribution < 1.29 is 0 Å². The van der Waals surface area contributed by atoms with Gasteiger partial charge in [-0.25, -0.2) is 0 Å². The van der Waals surface area contributed by atoms with Crippen molar-refractivity contribution in [3.05, 3.63) is 30.1 Å². The second-order valence-electron chi connectivity index (χ2n) is 5.78. The van der Waals surface area contributed by atoms with Crippen LogP contribution in [-0.4, -0.2) is 4.98 Å². The van der Waals surface area contributed by atoms with Gasteiger partial charge in [0.05, 0.1) is 0 Å². The summed E-state index contributed by atoms with van der Waals surface area (Å²) in [7, 11) is 0. The first-order valence-corrected chi connectivity index (χ1v) is 5.97. The minimum absolute atomic E-state index is 0.352. The van der Waals surface area contributed by atoms with Crippen LogP contribution in [0.25, 0.3) is 0 Å². The summed E-state index contributed by atoms with van der Waals surface area (Å²) in [4.78, 5) is 4.13. The Morgan fingerprint density at radius 2 is 1.60 bits per heavy atom. The van der Waals surface area contributed by atoms with Crippen LogP contribution in [0.15, 0.2) is 24.5 Å². The second-order valence-corrected chi connectivity index (χ2v) is 5.78. The van der Waals surface area contributed by atoms with Crippen LogP contribution >= 0.6 is 0 Å². The highest BCUT2D eigenvalue weighted by molar-refractivity contribution is 5.27. The van der Waals surface area contributed by atoms with Gasteiger partial charge in [0, 0.05) is 17.8 Å². The van der Waals surface area contributed by atoms with Crippen molar-refractivity contribution in [2.24, 2.45) is 5.41 Å². The minimum atomic E-state index is 0.352. The Morgan fingerprint density at radius 1 is 1.07 bits per heavy atom. The Hall–Kier alpha value is -0.850. The summed E-state index contributed by atoms with van der Waals surface area (Å²) in [6.07, 6.45) is 9.28. The SMILES string of the molecule is CC(C)(C)C1(c2ccncc2)CCCC1. The number of nitrogens with zero attached hydrogens (tertiary/aromatic N) is 1. The fourth-order valence-electron chi connectivity index (χ4n) is 3.12. The topological polar surface area (TPSA) is 12.9 Å². The Bertz CT molecular complexity index is 315. The lowest BCUT2D eigenvalue weighted by Gasteiger charge is -2.42. The quantitative estimate of drug-likeness (QED) is 0.673. The van der Waals surface area contributed by atoms with Crippen molar-refractivity contribution >= 4 is 0 Å². The van der Waals surface area contributed by atoms with E-state index >= 15 is 0 Å². The fourth-order valence-corrected chi connectivity index (χ4v) is 3.12. The van der Waals surface area contributed by atoms with Crippen LogP contribution in [0, 0.1) is 5.41 Å². The lowest BCUT2D eigenvalue weighted by molar-refractivity contribution is 0.187. The van der Waals surface area contributed by atoms with Gasteiger partial charge in [0.25, 0.3) is 0 Å². The van der Waals surface area contributed by atoms with E-state index in [1.165, 1.54) is 31.2 Å². The molecule has 0 bridgehead atoms. The maximum absolute atomic E-state index is 4.13. The highest BCUT2D eigenvalue weighted by Crippen LogP contribution is 2.52. The van der Waals surface area contributed by atoms with Gasteiger partial charge in [-0.05, 0) is 36.0 Å². The van der Waals surface area contributed by atoms with Gasteiger partial charge in [-0.2, -0.15) is 0 Å². The smallest absolute Gasteiger partial charge is 0.0270 e. The monoisotopic (exact) mass is 203 g/mol. The van der Waals surface area contributed by atoms with Crippen molar-refractivity contribution in [3.63, 3.8) is 0 Å². The number of hydrogen-bond acceptors (Lipinski definition) is 1. The maximum Gasteiger partial charge on any atom is 0.0270 e. The molecule has 1 nitrogen and oxygen atoms in total. The molecule has 0 N–H and O–H groups in total. The second kappa shape index (κ2) is 3.62. The largest absolute Gasteiger partial charge is 0.265 e. The molecule has 0 spiro atoms. The molecule has 1 heteroatoms. The highest BCUT2D eigenvalue weighted by Gasteiger charge is 2.44. The van der Waals surface area contributed by atoms with Gasteiger partial charge in [-0.3, -0.25) is 4.98 Å². The standard InChI is InChI=1S/C14H21N/c1-13(2,3)14(8-4-5-9-14)12-6-10-15-11-7-12/h6-7,10-11H,4-5,8-9H2,1-3H3. The molecule has 0 aromatic carbocycles. The van der Waals surface area contributed by atoms with Crippen molar-refractivity contribution in [3.8, 4) is 0 Å². The highest BCUT2D eigenvalue weighted by atomic mass is 14.6. The van der Waals surface area contributed by atoms with E-state index in [1.807, 2.05) is 12.4 Å². The Kier molecular flexibility index (Phi) is 2.57. The summed E-state index contributed by atoms with van der Waals surface area (Å²) in [5.74, 6) is 0. The maximum atomic E-state index is 4.13. The van der Waals surface area contributed by atoms with Crippen LogP contribution in [0.2, 0.25) is 0 Å². The Balaban J connectivity index is 2.44. The molecule has 0 radical (unpaired) electrons. The summed E-state index contributed by atoms with van der Waals surface area (Å²) < 4.78 is 0. The molecule has 2 rings (SSSR count). The Morgan fingerprint density at radius 3 is 2.07 bits per heavy atom. The van der Waals surface area contributed by atoms with Crippen LogP contribution in [0.1, 0.15) is 52.0 Å². The predicted octanol–water partition coefficient (Wildman–Crippen LogP) is 3.94. The average Bonchev–Trinajstić information content (AvgIpc) is 2.68. The number of pyridine rings is 1. The molecule has 0 aliphatic heterocycles. The van der Waals surface area contributed by atoms with Crippen LogP contribution in [0.5, 0.6) is 0 Å². The molecular formula is C14H21N. The third-order valence-corrected chi connectivity index (χ3v) is 4.13. The third-order valence-electron chi connectivity index (χ3n) is 4.13. The Labute approximate surface area is 92.9 Å². The van der Waals surface area contributed by atoms with Crippen LogP contribution in [-0.2, 0) is 5.41 Å². The summed E-state index contributed by atoms with van der Waals surface area (Å²) in [5.41, 5.74) is 2.23. The van der Waals surface area contributed by atoms with Gasteiger partial charge in [0.2, 0.25) is 0 Å². The number of aromatic nitrogens is 1. The zero-order valence-electron chi connectivity index (χ0n) is 10.1. The minimum Gasteiger partial charge on any atom is -0.265 e. The summed E-state index contributed by atoms with van der Waals surface area (Å²) in [6, 6.07) is 4.41. The van der Waals surface area contributed by atoms with E-state index < -0.39 is 0 Å². The summed E-state index contributed by atoms with van der Waals surface area (Å²) >= 11 is 0.